The predicted octanol–water partition coefficient (Wildman–Crippen LogP) is 3.14. The summed E-state index contributed by atoms with van der Waals surface area (Å²) in [4.78, 5) is 4.28. The maximum absolute atomic E-state index is 4.28. The fraction of sp³-hybridized carbons (Fsp3) is 0.857. The van der Waals surface area contributed by atoms with Crippen LogP contribution in [0.1, 0.15) is 64.6 Å². The van der Waals surface area contributed by atoms with Gasteiger partial charge in [0.15, 0.2) is 0 Å². The van der Waals surface area contributed by atoms with Gasteiger partial charge in [0.05, 0.1) is 6.54 Å². The van der Waals surface area contributed by atoms with Crippen LogP contribution in [0.4, 0.5) is 0 Å². The molecule has 0 fully saturated rings. The van der Waals surface area contributed by atoms with Crippen LogP contribution in [0.3, 0.4) is 0 Å². The molecule has 1 heterocycles. The zero-order chi connectivity index (χ0) is 13.1. The molecule has 0 saturated heterocycles. The van der Waals surface area contributed by atoms with Gasteiger partial charge in [0.2, 0.25) is 0 Å². The van der Waals surface area contributed by atoms with Crippen LogP contribution in [-0.4, -0.2) is 21.3 Å². The Bertz CT molecular complexity index is 296. The molecule has 0 aliphatic carbocycles. The van der Waals surface area contributed by atoms with Crippen molar-refractivity contribution >= 4 is 0 Å². The normalized spacial score (nSPS) is 11.0. The summed E-state index contributed by atoms with van der Waals surface area (Å²) in [7, 11) is 0. The van der Waals surface area contributed by atoms with E-state index in [0.29, 0.717) is 0 Å². The molecule has 4 heteroatoms. The molecule has 0 aliphatic heterocycles. The average Bonchev–Trinajstić information content (AvgIpc) is 2.81. The zero-order valence-electron chi connectivity index (χ0n) is 12.0. The van der Waals surface area contributed by atoms with E-state index in [9.17, 15) is 0 Å². The van der Waals surface area contributed by atoms with Crippen LogP contribution in [-0.2, 0) is 13.1 Å². The van der Waals surface area contributed by atoms with E-state index in [4.69, 9.17) is 0 Å². The van der Waals surface area contributed by atoms with Crippen LogP contribution < -0.4 is 5.32 Å². The predicted molar refractivity (Wildman–Crippen MR) is 75.4 cm³/mol. The maximum Gasteiger partial charge on any atom is 0.140 e. The third-order valence-corrected chi connectivity index (χ3v) is 3.12. The highest BCUT2D eigenvalue weighted by atomic mass is 15.3. The molecule has 0 atom stereocenters. The molecule has 0 aromatic carbocycles. The summed E-state index contributed by atoms with van der Waals surface area (Å²) in [6, 6.07) is 0. The van der Waals surface area contributed by atoms with Crippen molar-refractivity contribution in [1.82, 2.24) is 20.1 Å². The Kier molecular flexibility index (Phi) is 8.47. The molecule has 4 nitrogen and oxygen atoms in total. The fourth-order valence-corrected chi connectivity index (χ4v) is 2.05. The van der Waals surface area contributed by atoms with Crippen molar-refractivity contribution in [3.8, 4) is 0 Å². The maximum atomic E-state index is 4.28. The van der Waals surface area contributed by atoms with E-state index in [1.54, 1.807) is 6.33 Å². The highest BCUT2D eigenvalue weighted by Gasteiger charge is 2.01. The summed E-state index contributed by atoms with van der Waals surface area (Å²) >= 11 is 0. The lowest BCUT2D eigenvalue weighted by atomic mass is 10.1. The molecular weight excluding hydrogens is 224 g/mol. The van der Waals surface area contributed by atoms with Crippen molar-refractivity contribution in [1.29, 1.82) is 0 Å². The Morgan fingerprint density at radius 1 is 1.06 bits per heavy atom. The van der Waals surface area contributed by atoms with Crippen LogP contribution >= 0.6 is 0 Å². The summed E-state index contributed by atoms with van der Waals surface area (Å²) in [6.45, 7) is 7.32. The molecule has 0 spiro atoms. The van der Waals surface area contributed by atoms with E-state index in [2.05, 4.69) is 29.2 Å². The Morgan fingerprint density at radius 2 is 1.83 bits per heavy atom. The summed E-state index contributed by atoms with van der Waals surface area (Å²) in [6.07, 6.45) is 10.8. The van der Waals surface area contributed by atoms with Gasteiger partial charge in [-0.3, -0.25) is 0 Å². The Balaban J connectivity index is 2.01. The summed E-state index contributed by atoms with van der Waals surface area (Å²) in [5, 5.41) is 7.67. The van der Waals surface area contributed by atoms with E-state index in [-0.39, 0.29) is 0 Å². The van der Waals surface area contributed by atoms with Crippen molar-refractivity contribution in [2.75, 3.05) is 6.54 Å². The lowest BCUT2D eigenvalue weighted by Gasteiger charge is -2.06. The molecule has 0 unspecified atom stereocenters. The minimum absolute atomic E-state index is 0.842. The third kappa shape index (κ3) is 6.15. The second-order valence-electron chi connectivity index (χ2n) is 4.84. The molecule has 0 saturated carbocycles. The first-order chi connectivity index (χ1) is 8.88. The van der Waals surface area contributed by atoms with E-state index in [1.807, 2.05) is 4.68 Å². The number of hydrogen-bond donors (Lipinski definition) is 1. The van der Waals surface area contributed by atoms with Gasteiger partial charge in [-0.15, -0.1) is 0 Å². The first kappa shape index (κ1) is 15.2. The number of aryl methyl sites for hydroxylation is 1. The van der Waals surface area contributed by atoms with Gasteiger partial charge in [-0.1, -0.05) is 46.0 Å². The molecular formula is C14H28N4. The highest BCUT2D eigenvalue weighted by Crippen LogP contribution is 2.04. The summed E-state index contributed by atoms with van der Waals surface area (Å²) < 4.78 is 1.99. The Hall–Kier alpha value is -0.900. The highest BCUT2D eigenvalue weighted by molar-refractivity contribution is 4.83. The van der Waals surface area contributed by atoms with Gasteiger partial charge in [0.1, 0.15) is 12.2 Å². The molecule has 1 rings (SSSR count). The Labute approximate surface area is 111 Å². The van der Waals surface area contributed by atoms with Crippen LogP contribution in [0, 0.1) is 0 Å². The molecule has 0 bridgehead atoms. The molecule has 1 aromatic rings. The van der Waals surface area contributed by atoms with E-state index >= 15 is 0 Å². The lowest BCUT2D eigenvalue weighted by Crippen LogP contribution is -2.18. The summed E-state index contributed by atoms with van der Waals surface area (Å²) in [5.74, 6) is 1.06. The second kappa shape index (κ2) is 10.1. The van der Waals surface area contributed by atoms with E-state index in [1.165, 1.54) is 38.5 Å². The van der Waals surface area contributed by atoms with Crippen LogP contribution in [0.2, 0.25) is 0 Å². The van der Waals surface area contributed by atoms with Crippen LogP contribution in [0.5, 0.6) is 0 Å². The van der Waals surface area contributed by atoms with Gasteiger partial charge >= 0.3 is 0 Å². The average molecular weight is 252 g/mol. The molecule has 0 radical (unpaired) electrons. The standard InChI is InChI=1S/C14H28N4/c1-3-5-6-7-8-9-10-15-12-14-16-13-17-18(14)11-4-2/h13,15H,3-12H2,1-2H3. The number of hydrogen-bond acceptors (Lipinski definition) is 3. The molecule has 1 N–H and O–H groups in total. The van der Waals surface area contributed by atoms with Crippen molar-refractivity contribution < 1.29 is 0 Å². The largest absolute Gasteiger partial charge is 0.310 e. The monoisotopic (exact) mass is 252 g/mol. The first-order valence-corrected chi connectivity index (χ1v) is 7.45. The van der Waals surface area contributed by atoms with Gasteiger partial charge in [-0.05, 0) is 19.4 Å². The molecule has 104 valence electrons. The zero-order valence-corrected chi connectivity index (χ0v) is 12.0. The lowest BCUT2D eigenvalue weighted by molar-refractivity contribution is 0.526. The van der Waals surface area contributed by atoms with Crippen molar-refractivity contribution in [2.24, 2.45) is 0 Å². The van der Waals surface area contributed by atoms with Crippen LogP contribution in [0.15, 0.2) is 6.33 Å². The van der Waals surface area contributed by atoms with Gasteiger partial charge in [-0.25, -0.2) is 9.67 Å². The SMILES string of the molecule is CCCCCCCCNCc1ncnn1CCC. The number of rotatable bonds is 11. The van der Waals surface area contributed by atoms with Gasteiger partial charge in [0, 0.05) is 6.54 Å². The number of aromatic nitrogens is 3. The molecule has 0 amide bonds. The third-order valence-electron chi connectivity index (χ3n) is 3.12. The minimum Gasteiger partial charge on any atom is -0.310 e. The van der Waals surface area contributed by atoms with E-state index < -0.39 is 0 Å². The number of nitrogens with one attached hydrogen (secondary N) is 1. The van der Waals surface area contributed by atoms with Gasteiger partial charge in [0.25, 0.3) is 0 Å². The quantitative estimate of drug-likeness (QED) is 0.615. The van der Waals surface area contributed by atoms with Crippen molar-refractivity contribution in [3.05, 3.63) is 12.2 Å². The van der Waals surface area contributed by atoms with Crippen LogP contribution in [0.25, 0.3) is 0 Å². The molecule has 18 heavy (non-hydrogen) atoms. The Morgan fingerprint density at radius 3 is 2.61 bits per heavy atom. The second-order valence-corrected chi connectivity index (χ2v) is 4.84. The molecule has 1 aromatic heterocycles. The van der Waals surface area contributed by atoms with Crippen molar-refractivity contribution in [3.63, 3.8) is 0 Å². The first-order valence-electron chi connectivity index (χ1n) is 7.45. The topological polar surface area (TPSA) is 42.7 Å². The van der Waals surface area contributed by atoms with Gasteiger partial charge in [-0.2, -0.15) is 5.10 Å². The van der Waals surface area contributed by atoms with E-state index in [0.717, 1.165) is 31.9 Å². The number of nitrogens with zero attached hydrogens (tertiary/aromatic N) is 3. The fourth-order valence-electron chi connectivity index (χ4n) is 2.05. The number of unbranched alkanes of at least 4 members (excludes halogenated alkanes) is 5. The molecule has 0 aliphatic rings. The van der Waals surface area contributed by atoms with Crippen molar-refractivity contribution in [2.45, 2.75) is 71.9 Å². The smallest absolute Gasteiger partial charge is 0.140 e. The summed E-state index contributed by atoms with van der Waals surface area (Å²) in [5.41, 5.74) is 0. The minimum atomic E-state index is 0.842. The van der Waals surface area contributed by atoms with Gasteiger partial charge < -0.3 is 5.32 Å².